The van der Waals surface area contributed by atoms with Gasteiger partial charge in [-0.2, -0.15) is 10.2 Å². The monoisotopic (exact) mass is 264 g/mol. The Balaban J connectivity index is 2.13. The molecule has 0 radical (unpaired) electrons. The molecule has 3 N–H and O–H groups in total. The molecular weight excluding hydrogens is 252 g/mol. The average molecular weight is 264 g/mol. The van der Waals surface area contributed by atoms with E-state index in [0.29, 0.717) is 11.4 Å². The predicted molar refractivity (Wildman–Crippen MR) is 66.9 cm³/mol. The summed E-state index contributed by atoms with van der Waals surface area (Å²) in [5.41, 5.74) is 6.49. The average Bonchev–Trinajstić information content (AvgIpc) is 2.38. The van der Waals surface area contributed by atoms with Crippen molar-refractivity contribution in [3.05, 3.63) is 48.3 Å². The molecule has 1 aromatic heterocycles. The Hall–Kier alpha value is -1.99. The zero-order chi connectivity index (χ0) is 13.0. The Morgan fingerprint density at radius 1 is 1.22 bits per heavy atom. The standard InChI is InChI=1S/C11H12N4O2S/c12-9-3-1-5-11(7-9)18(16,17)14-8-10-4-2-6-13-15-10/h1-7,14H,8,12H2. The quantitative estimate of drug-likeness (QED) is 0.785. The summed E-state index contributed by atoms with van der Waals surface area (Å²) >= 11 is 0. The van der Waals surface area contributed by atoms with Gasteiger partial charge in [0.05, 0.1) is 17.1 Å². The van der Waals surface area contributed by atoms with E-state index in [-0.39, 0.29) is 11.4 Å². The highest BCUT2D eigenvalue weighted by Gasteiger charge is 2.13. The lowest BCUT2D eigenvalue weighted by Crippen LogP contribution is -2.23. The predicted octanol–water partition coefficient (Wildman–Crippen LogP) is 0.537. The highest BCUT2D eigenvalue weighted by atomic mass is 32.2. The minimum absolute atomic E-state index is 0.0883. The van der Waals surface area contributed by atoms with Gasteiger partial charge in [-0.25, -0.2) is 13.1 Å². The van der Waals surface area contributed by atoms with E-state index in [0.717, 1.165) is 0 Å². The molecule has 94 valence electrons. The number of sulfonamides is 1. The minimum atomic E-state index is -3.58. The van der Waals surface area contributed by atoms with Gasteiger partial charge in [-0.15, -0.1) is 0 Å². The van der Waals surface area contributed by atoms with E-state index >= 15 is 0 Å². The SMILES string of the molecule is Nc1cccc(S(=O)(=O)NCc2cccnn2)c1. The van der Waals surface area contributed by atoms with Gasteiger partial charge >= 0.3 is 0 Å². The van der Waals surface area contributed by atoms with Crippen LogP contribution in [0, 0.1) is 0 Å². The van der Waals surface area contributed by atoms with Crippen molar-refractivity contribution < 1.29 is 8.42 Å². The molecule has 2 rings (SSSR count). The second-order valence-electron chi connectivity index (χ2n) is 3.61. The maximum atomic E-state index is 11.9. The summed E-state index contributed by atoms with van der Waals surface area (Å²) in [6.07, 6.45) is 1.52. The third-order valence-corrected chi connectivity index (χ3v) is 3.64. The van der Waals surface area contributed by atoms with Gasteiger partial charge in [-0.05, 0) is 30.3 Å². The van der Waals surface area contributed by atoms with Crippen LogP contribution in [0.2, 0.25) is 0 Å². The number of hydrogen-bond donors (Lipinski definition) is 2. The molecule has 0 aliphatic heterocycles. The molecule has 0 saturated carbocycles. The number of nitrogen functional groups attached to an aromatic ring is 1. The Morgan fingerprint density at radius 3 is 2.72 bits per heavy atom. The maximum absolute atomic E-state index is 11.9. The molecule has 0 saturated heterocycles. The van der Waals surface area contributed by atoms with Gasteiger partial charge in [0.15, 0.2) is 0 Å². The fraction of sp³-hybridized carbons (Fsp3) is 0.0909. The highest BCUT2D eigenvalue weighted by Crippen LogP contribution is 2.12. The molecule has 0 aliphatic carbocycles. The first-order valence-electron chi connectivity index (χ1n) is 5.20. The van der Waals surface area contributed by atoms with Crippen molar-refractivity contribution in [1.82, 2.24) is 14.9 Å². The molecule has 6 nitrogen and oxygen atoms in total. The first kappa shape index (κ1) is 12.5. The molecule has 1 aromatic carbocycles. The van der Waals surface area contributed by atoms with Crippen LogP contribution in [0.25, 0.3) is 0 Å². The number of nitrogens with two attached hydrogens (primary N) is 1. The third-order valence-electron chi connectivity index (χ3n) is 2.24. The Labute approximate surface area is 105 Å². The van der Waals surface area contributed by atoms with Crippen molar-refractivity contribution >= 4 is 15.7 Å². The lowest BCUT2D eigenvalue weighted by atomic mass is 10.3. The first-order chi connectivity index (χ1) is 8.58. The first-order valence-corrected chi connectivity index (χ1v) is 6.68. The van der Waals surface area contributed by atoms with Crippen LogP contribution in [0.1, 0.15) is 5.69 Å². The van der Waals surface area contributed by atoms with Crippen molar-refractivity contribution in [2.75, 3.05) is 5.73 Å². The van der Waals surface area contributed by atoms with Crippen LogP contribution in [-0.4, -0.2) is 18.6 Å². The Kier molecular flexibility index (Phi) is 3.54. The number of hydrogen-bond acceptors (Lipinski definition) is 5. The van der Waals surface area contributed by atoms with Crippen LogP contribution in [0.15, 0.2) is 47.5 Å². The molecule has 0 bridgehead atoms. The van der Waals surface area contributed by atoms with Gasteiger partial charge < -0.3 is 5.73 Å². The Bertz CT molecular complexity index is 629. The van der Waals surface area contributed by atoms with Crippen LogP contribution >= 0.6 is 0 Å². The molecular formula is C11H12N4O2S. The van der Waals surface area contributed by atoms with Crippen LogP contribution in [0.5, 0.6) is 0 Å². The van der Waals surface area contributed by atoms with E-state index < -0.39 is 10.0 Å². The zero-order valence-electron chi connectivity index (χ0n) is 9.45. The van der Waals surface area contributed by atoms with E-state index in [1.54, 1.807) is 24.3 Å². The summed E-state index contributed by atoms with van der Waals surface area (Å²) in [7, 11) is -3.58. The van der Waals surface area contributed by atoms with Gasteiger partial charge in [0.25, 0.3) is 0 Å². The zero-order valence-corrected chi connectivity index (χ0v) is 10.3. The second kappa shape index (κ2) is 5.11. The summed E-state index contributed by atoms with van der Waals surface area (Å²) in [4.78, 5) is 0.131. The number of rotatable bonds is 4. The largest absolute Gasteiger partial charge is 0.399 e. The maximum Gasteiger partial charge on any atom is 0.240 e. The summed E-state index contributed by atoms with van der Waals surface area (Å²) < 4.78 is 26.3. The fourth-order valence-corrected chi connectivity index (χ4v) is 2.42. The summed E-state index contributed by atoms with van der Waals surface area (Å²) in [5, 5.41) is 7.46. The number of benzene rings is 1. The summed E-state index contributed by atoms with van der Waals surface area (Å²) in [6, 6.07) is 9.48. The molecule has 0 aliphatic rings. The van der Waals surface area contributed by atoms with E-state index in [2.05, 4.69) is 14.9 Å². The molecule has 7 heteroatoms. The van der Waals surface area contributed by atoms with E-state index in [1.165, 1.54) is 18.3 Å². The van der Waals surface area contributed by atoms with Crippen molar-refractivity contribution in [3.8, 4) is 0 Å². The van der Waals surface area contributed by atoms with Crippen LogP contribution < -0.4 is 10.5 Å². The molecule has 1 heterocycles. The second-order valence-corrected chi connectivity index (χ2v) is 5.38. The fourth-order valence-electron chi connectivity index (χ4n) is 1.36. The van der Waals surface area contributed by atoms with E-state index in [1.807, 2.05) is 0 Å². The van der Waals surface area contributed by atoms with Gasteiger partial charge in [-0.3, -0.25) is 0 Å². The lowest BCUT2D eigenvalue weighted by molar-refractivity contribution is 0.580. The smallest absolute Gasteiger partial charge is 0.240 e. The highest BCUT2D eigenvalue weighted by molar-refractivity contribution is 7.89. The van der Waals surface area contributed by atoms with Crippen LogP contribution in [-0.2, 0) is 16.6 Å². The molecule has 2 aromatic rings. The summed E-state index contributed by atoms with van der Waals surface area (Å²) in [6.45, 7) is 0.0883. The number of nitrogens with zero attached hydrogens (tertiary/aromatic N) is 2. The lowest BCUT2D eigenvalue weighted by Gasteiger charge is -2.06. The molecule has 0 unspecified atom stereocenters. The third kappa shape index (κ3) is 3.02. The van der Waals surface area contributed by atoms with Crippen molar-refractivity contribution in [3.63, 3.8) is 0 Å². The van der Waals surface area contributed by atoms with E-state index in [9.17, 15) is 8.42 Å². The summed E-state index contributed by atoms with van der Waals surface area (Å²) in [5.74, 6) is 0. The van der Waals surface area contributed by atoms with Gasteiger partial charge in [0.1, 0.15) is 0 Å². The minimum Gasteiger partial charge on any atom is -0.399 e. The van der Waals surface area contributed by atoms with Gasteiger partial charge in [0.2, 0.25) is 10.0 Å². The number of aromatic nitrogens is 2. The molecule has 0 amide bonds. The molecule has 0 spiro atoms. The normalized spacial score (nSPS) is 11.3. The van der Waals surface area contributed by atoms with Gasteiger partial charge in [-0.1, -0.05) is 6.07 Å². The van der Waals surface area contributed by atoms with Crippen LogP contribution in [0.3, 0.4) is 0 Å². The molecule has 18 heavy (non-hydrogen) atoms. The number of nitrogens with one attached hydrogen (secondary N) is 1. The van der Waals surface area contributed by atoms with Crippen LogP contribution in [0.4, 0.5) is 5.69 Å². The van der Waals surface area contributed by atoms with Gasteiger partial charge in [0, 0.05) is 11.9 Å². The Morgan fingerprint density at radius 2 is 2.06 bits per heavy atom. The topological polar surface area (TPSA) is 98.0 Å². The van der Waals surface area contributed by atoms with Crippen molar-refractivity contribution in [2.45, 2.75) is 11.4 Å². The number of anilines is 1. The molecule has 0 fully saturated rings. The molecule has 0 atom stereocenters. The van der Waals surface area contributed by atoms with E-state index in [4.69, 9.17) is 5.73 Å². The van der Waals surface area contributed by atoms with Crippen molar-refractivity contribution in [2.24, 2.45) is 0 Å². The van der Waals surface area contributed by atoms with Crippen molar-refractivity contribution in [1.29, 1.82) is 0 Å².